The first-order valence-electron chi connectivity index (χ1n) is 6.37. The first-order chi connectivity index (χ1) is 9.86. The molecule has 3 aromatic rings. The summed E-state index contributed by atoms with van der Waals surface area (Å²) in [7, 11) is 0. The minimum Gasteiger partial charge on any atom is -0.457 e. The summed E-state index contributed by atoms with van der Waals surface area (Å²) in [6, 6.07) is 19.5. The summed E-state index contributed by atoms with van der Waals surface area (Å²) < 4.78 is 5.93. The van der Waals surface area contributed by atoms with Gasteiger partial charge in [0, 0.05) is 5.56 Å². The van der Waals surface area contributed by atoms with E-state index in [1.807, 2.05) is 60.7 Å². The summed E-state index contributed by atoms with van der Waals surface area (Å²) in [5.41, 5.74) is 2.69. The number of rotatable bonds is 4. The Morgan fingerprint density at radius 1 is 1.00 bits per heavy atom. The Labute approximate surface area is 117 Å². The van der Waals surface area contributed by atoms with Crippen molar-refractivity contribution < 1.29 is 4.74 Å². The molecule has 1 aromatic heterocycles. The maximum absolute atomic E-state index is 5.93. The van der Waals surface area contributed by atoms with Gasteiger partial charge in [0.2, 0.25) is 0 Å². The smallest absolute Gasteiger partial charge is 0.136 e. The average Bonchev–Trinajstić information content (AvgIpc) is 2.98. The minimum absolute atomic E-state index is 0.790. The lowest BCUT2D eigenvalue weighted by Crippen LogP contribution is -1.88. The van der Waals surface area contributed by atoms with Gasteiger partial charge >= 0.3 is 0 Å². The van der Waals surface area contributed by atoms with Crippen LogP contribution in [0.15, 0.2) is 67.2 Å². The van der Waals surface area contributed by atoms with E-state index in [2.05, 4.69) is 16.8 Å². The molecule has 0 atom stereocenters. The molecular formula is C17H14N2O. The van der Waals surface area contributed by atoms with Crippen molar-refractivity contribution in [2.45, 2.75) is 0 Å². The van der Waals surface area contributed by atoms with Crippen LogP contribution in [0.5, 0.6) is 11.5 Å². The molecule has 0 spiro atoms. The summed E-state index contributed by atoms with van der Waals surface area (Å²) in [6.45, 7) is 3.71. The van der Waals surface area contributed by atoms with Crippen molar-refractivity contribution in [3.8, 4) is 22.8 Å². The number of H-pyrrole nitrogens is 1. The van der Waals surface area contributed by atoms with Crippen LogP contribution in [0.2, 0.25) is 0 Å². The average molecular weight is 262 g/mol. The predicted octanol–water partition coefficient (Wildman–Crippen LogP) is 4.51. The highest BCUT2D eigenvalue weighted by molar-refractivity contribution is 5.69. The van der Waals surface area contributed by atoms with E-state index in [4.69, 9.17) is 4.74 Å². The highest BCUT2D eigenvalue weighted by atomic mass is 16.5. The van der Waals surface area contributed by atoms with Crippen molar-refractivity contribution >= 4 is 6.08 Å². The van der Waals surface area contributed by atoms with Crippen molar-refractivity contribution in [2.75, 3.05) is 0 Å². The van der Waals surface area contributed by atoms with E-state index in [1.165, 1.54) is 0 Å². The third-order valence-electron chi connectivity index (χ3n) is 2.96. The highest BCUT2D eigenvalue weighted by Gasteiger charge is 2.09. The Hall–Kier alpha value is -2.81. The normalized spacial score (nSPS) is 10.2. The fraction of sp³-hybridized carbons (Fsp3) is 0. The van der Waals surface area contributed by atoms with Gasteiger partial charge in [-0.15, -0.1) is 0 Å². The first kappa shape index (κ1) is 12.2. The monoisotopic (exact) mass is 262 g/mol. The topological polar surface area (TPSA) is 37.9 Å². The molecule has 20 heavy (non-hydrogen) atoms. The van der Waals surface area contributed by atoms with Crippen LogP contribution < -0.4 is 4.74 Å². The molecule has 0 amide bonds. The van der Waals surface area contributed by atoms with Crippen LogP contribution in [-0.4, -0.2) is 10.2 Å². The molecule has 0 aliphatic rings. The maximum Gasteiger partial charge on any atom is 0.136 e. The number of aromatic amines is 1. The quantitative estimate of drug-likeness (QED) is 0.751. The Bertz CT molecular complexity index is 717. The van der Waals surface area contributed by atoms with Gasteiger partial charge in [-0.2, -0.15) is 5.10 Å². The molecule has 3 heteroatoms. The van der Waals surface area contributed by atoms with Crippen molar-refractivity contribution in [1.29, 1.82) is 0 Å². The Morgan fingerprint density at radius 3 is 2.50 bits per heavy atom. The minimum atomic E-state index is 0.790. The van der Waals surface area contributed by atoms with Gasteiger partial charge in [0.1, 0.15) is 11.5 Å². The second-order valence-corrected chi connectivity index (χ2v) is 4.32. The number of nitrogens with zero attached hydrogens (tertiary/aromatic N) is 1. The molecule has 3 rings (SSSR count). The van der Waals surface area contributed by atoms with Crippen LogP contribution in [0.25, 0.3) is 17.3 Å². The summed E-state index contributed by atoms with van der Waals surface area (Å²) in [6.07, 6.45) is 1.71. The highest BCUT2D eigenvalue weighted by Crippen LogP contribution is 2.32. The lowest BCUT2D eigenvalue weighted by molar-refractivity contribution is 0.484. The lowest BCUT2D eigenvalue weighted by atomic mass is 10.1. The molecular weight excluding hydrogens is 248 g/mol. The molecule has 0 saturated heterocycles. The van der Waals surface area contributed by atoms with Gasteiger partial charge < -0.3 is 4.74 Å². The molecule has 0 aliphatic heterocycles. The number of para-hydroxylation sites is 2. The number of hydrogen-bond donors (Lipinski definition) is 1. The van der Waals surface area contributed by atoms with Gasteiger partial charge in [0.15, 0.2) is 0 Å². The predicted molar refractivity (Wildman–Crippen MR) is 80.6 cm³/mol. The van der Waals surface area contributed by atoms with Gasteiger partial charge in [-0.25, -0.2) is 0 Å². The molecule has 2 aromatic carbocycles. The van der Waals surface area contributed by atoms with E-state index >= 15 is 0 Å². The van der Waals surface area contributed by atoms with Gasteiger partial charge in [-0.05, 0) is 36.4 Å². The Balaban J connectivity index is 1.98. The first-order valence-corrected chi connectivity index (χ1v) is 6.37. The van der Waals surface area contributed by atoms with Gasteiger partial charge in [0.25, 0.3) is 0 Å². The van der Waals surface area contributed by atoms with Crippen LogP contribution in [0.3, 0.4) is 0 Å². The number of ether oxygens (including phenoxy) is 1. The fourth-order valence-corrected chi connectivity index (χ4v) is 1.97. The lowest BCUT2D eigenvalue weighted by Gasteiger charge is -2.09. The summed E-state index contributed by atoms with van der Waals surface area (Å²) in [4.78, 5) is 0. The molecule has 0 unspecified atom stereocenters. The standard InChI is InChI=1S/C17H14N2O/c1-2-13-12-16(19-18-13)15-10-6-7-11-17(15)20-14-8-4-3-5-9-14/h2-12H,1H2,(H,18,19). The zero-order valence-corrected chi connectivity index (χ0v) is 10.9. The number of aromatic nitrogens is 2. The van der Waals surface area contributed by atoms with Crippen molar-refractivity contribution in [3.05, 3.63) is 72.9 Å². The van der Waals surface area contributed by atoms with Crippen molar-refractivity contribution in [1.82, 2.24) is 10.2 Å². The molecule has 1 N–H and O–H groups in total. The van der Waals surface area contributed by atoms with Gasteiger partial charge in [0.05, 0.1) is 11.4 Å². The largest absolute Gasteiger partial charge is 0.457 e. The third-order valence-corrected chi connectivity index (χ3v) is 2.96. The molecule has 3 nitrogen and oxygen atoms in total. The van der Waals surface area contributed by atoms with E-state index in [0.717, 1.165) is 28.5 Å². The molecule has 0 saturated carbocycles. The van der Waals surface area contributed by atoms with Crippen LogP contribution >= 0.6 is 0 Å². The molecule has 0 bridgehead atoms. The second-order valence-electron chi connectivity index (χ2n) is 4.32. The van der Waals surface area contributed by atoms with Gasteiger partial charge in [-0.1, -0.05) is 36.9 Å². The van der Waals surface area contributed by atoms with Gasteiger partial charge in [-0.3, -0.25) is 5.10 Å². The summed E-state index contributed by atoms with van der Waals surface area (Å²) in [5, 5.41) is 7.16. The van der Waals surface area contributed by atoms with E-state index < -0.39 is 0 Å². The number of nitrogens with one attached hydrogen (secondary N) is 1. The Kier molecular flexibility index (Phi) is 3.33. The van der Waals surface area contributed by atoms with E-state index in [-0.39, 0.29) is 0 Å². The van der Waals surface area contributed by atoms with Crippen LogP contribution in [-0.2, 0) is 0 Å². The molecule has 0 fully saturated rings. The van der Waals surface area contributed by atoms with E-state index in [1.54, 1.807) is 6.08 Å². The summed E-state index contributed by atoms with van der Waals surface area (Å²) >= 11 is 0. The zero-order chi connectivity index (χ0) is 13.8. The molecule has 1 heterocycles. The SMILES string of the molecule is C=Cc1cc(-c2ccccc2Oc2ccccc2)[nH]n1. The van der Waals surface area contributed by atoms with Crippen LogP contribution in [0, 0.1) is 0 Å². The van der Waals surface area contributed by atoms with Crippen LogP contribution in [0.4, 0.5) is 0 Å². The third kappa shape index (κ3) is 2.47. The molecule has 98 valence electrons. The van der Waals surface area contributed by atoms with Crippen LogP contribution in [0.1, 0.15) is 5.69 Å². The molecule has 0 radical (unpaired) electrons. The Morgan fingerprint density at radius 2 is 1.75 bits per heavy atom. The fourth-order valence-electron chi connectivity index (χ4n) is 1.97. The number of benzene rings is 2. The number of hydrogen-bond acceptors (Lipinski definition) is 2. The van der Waals surface area contributed by atoms with E-state index in [0.29, 0.717) is 0 Å². The van der Waals surface area contributed by atoms with Crippen molar-refractivity contribution in [2.24, 2.45) is 0 Å². The summed E-state index contributed by atoms with van der Waals surface area (Å²) in [5.74, 6) is 1.60. The van der Waals surface area contributed by atoms with Crippen molar-refractivity contribution in [3.63, 3.8) is 0 Å². The maximum atomic E-state index is 5.93. The molecule has 0 aliphatic carbocycles. The second kappa shape index (κ2) is 5.45. The van der Waals surface area contributed by atoms with E-state index in [9.17, 15) is 0 Å². The zero-order valence-electron chi connectivity index (χ0n) is 10.9.